The van der Waals surface area contributed by atoms with Gasteiger partial charge in [-0.2, -0.15) is 0 Å². The summed E-state index contributed by atoms with van der Waals surface area (Å²) in [4.78, 5) is 33.7. The molecule has 0 aliphatic rings. The van der Waals surface area contributed by atoms with Crippen molar-refractivity contribution in [1.29, 1.82) is 0 Å². The van der Waals surface area contributed by atoms with Gasteiger partial charge in [-0.05, 0) is 13.3 Å². The molecule has 2 atom stereocenters. The van der Waals surface area contributed by atoms with Crippen molar-refractivity contribution < 1.29 is 58.9 Å². The third kappa shape index (κ3) is 24.1. The van der Waals surface area contributed by atoms with Crippen LogP contribution in [0.5, 0.6) is 0 Å². The Labute approximate surface area is 212 Å². The Morgan fingerprint density at radius 2 is 1.10 bits per heavy atom. The first-order chi connectivity index (χ1) is 14.0. The molecule has 0 aliphatic heterocycles. The minimum absolute atomic E-state index is 0. The number of rotatable bonds is 20. The third-order valence-corrected chi connectivity index (χ3v) is 5.08. The van der Waals surface area contributed by atoms with Gasteiger partial charge in [0.15, 0.2) is 6.10 Å². The molecule has 0 saturated heterocycles. The van der Waals surface area contributed by atoms with Gasteiger partial charge in [-0.3, -0.25) is 4.79 Å². The fraction of sp³-hybridized carbons (Fsp3) is 0.875. The molecule has 2 unspecified atom stereocenters. The smallest absolute Gasteiger partial charge is 0.538 e. The van der Waals surface area contributed by atoms with Crippen molar-refractivity contribution in [2.24, 2.45) is 0 Å². The predicted molar refractivity (Wildman–Crippen MR) is 121 cm³/mol. The molecule has 0 spiro atoms. The van der Waals surface area contributed by atoms with Gasteiger partial charge < -0.3 is 19.7 Å². The number of carbonyl (C=O) groups excluding carboxylic acids is 3. The van der Waals surface area contributed by atoms with Crippen LogP contribution in [0.4, 0.5) is 0 Å². The fourth-order valence-corrected chi connectivity index (χ4v) is 3.24. The Balaban J connectivity index is -0.00000392. The molecule has 7 heteroatoms. The van der Waals surface area contributed by atoms with Gasteiger partial charge in [-0.1, -0.05) is 104 Å². The van der Waals surface area contributed by atoms with E-state index < -0.39 is 24.1 Å². The predicted octanol–water partition coefficient (Wildman–Crippen LogP) is 2.30. The molecule has 3 N–H and O–H groups in total. The van der Waals surface area contributed by atoms with E-state index in [4.69, 9.17) is 9.47 Å². The van der Waals surface area contributed by atoms with E-state index in [-0.39, 0.29) is 35.0 Å². The number of carbonyl (C=O) groups is 2. The van der Waals surface area contributed by atoms with Crippen LogP contribution < -0.4 is 29.6 Å². The molecule has 0 saturated carbocycles. The molecule has 0 radical (unpaired) electrons. The summed E-state index contributed by atoms with van der Waals surface area (Å²) in [6.45, 7) is 5.12. The Hall–Kier alpha value is -0.430. The molecule has 0 fully saturated rings. The number of hydrogen-bond donors (Lipinski definition) is 0. The topological polar surface area (TPSA) is 103 Å². The maximum Gasteiger partial charge on any atom is 1.00 e. The summed E-state index contributed by atoms with van der Waals surface area (Å²) in [6.07, 6.45) is 19.0. The van der Waals surface area contributed by atoms with E-state index >= 15 is 0 Å². The van der Waals surface area contributed by atoms with Gasteiger partial charge in [0.1, 0.15) is 0 Å². The molecule has 0 aromatic heterocycles. The van der Waals surface area contributed by atoms with E-state index in [1.165, 1.54) is 90.9 Å². The van der Waals surface area contributed by atoms with Crippen molar-refractivity contribution >= 4 is 18.2 Å². The van der Waals surface area contributed by atoms with Crippen LogP contribution in [-0.2, 0) is 29.3 Å². The molecule has 0 aromatic rings. The van der Waals surface area contributed by atoms with Crippen LogP contribution in [0.3, 0.4) is 0 Å². The van der Waals surface area contributed by atoms with Crippen molar-refractivity contribution in [2.75, 3.05) is 0 Å². The van der Waals surface area contributed by atoms with E-state index in [0.29, 0.717) is 6.42 Å². The van der Waals surface area contributed by atoms with Crippen LogP contribution in [0.2, 0.25) is 0 Å². The van der Waals surface area contributed by atoms with E-state index in [0.717, 1.165) is 19.3 Å². The van der Waals surface area contributed by atoms with Crippen molar-refractivity contribution in [2.45, 2.75) is 136 Å². The largest absolute Gasteiger partial charge is 1.00 e. The van der Waals surface area contributed by atoms with Crippen LogP contribution in [0.15, 0.2) is 0 Å². The van der Waals surface area contributed by atoms with Gasteiger partial charge in [0, 0.05) is 12.5 Å². The Morgan fingerprint density at radius 1 is 0.710 bits per heavy atom. The summed E-state index contributed by atoms with van der Waals surface area (Å²) in [6, 6.07) is 0. The molecule has 6 nitrogen and oxygen atoms in total. The number of hydrogen-bond acceptors (Lipinski definition) is 5. The quantitative estimate of drug-likeness (QED) is 0.0925. The standard InChI is InChI=1S/C24H43O5.Na.H2O/c1-4-5-6-7-8-9-10-11-12-13-14-15-16-17-18-19-23(26)29-22(3)24(27)28-21(2)20-25;;/h21-22H,4-19H2,1-3H3;;1H2/q-1;+1;/p+1. The maximum atomic E-state index is 11.7. The van der Waals surface area contributed by atoms with Crippen molar-refractivity contribution in [3.8, 4) is 0 Å². The summed E-state index contributed by atoms with van der Waals surface area (Å²) >= 11 is 0. The normalized spacial score (nSPS) is 12.1. The zero-order valence-electron chi connectivity index (χ0n) is 20.6. The molecular formula is C24H46NaO6+. The molecule has 0 aliphatic carbocycles. The molecule has 178 valence electrons. The summed E-state index contributed by atoms with van der Waals surface area (Å²) in [7, 11) is 0. The molecule has 0 rings (SSSR count). The molecule has 0 aromatic carbocycles. The average molecular weight is 454 g/mol. The number of ether oxygens (including phenoxy) is 2. The van der Waals surface area contributed by atoms with Crippen molar-refractivity contribution in [3.05, 3.63) is 0 Å². The van der Waals surface area contributed by atoms with Crippen LogP contribution in [0.25, 0.3) is 0 Å². The first-order valence-electron chi connectivity index (χ1n) is 11.8. The fourth-order valence-electron chi connectivity index (χ4n) is 3.24. The zero-order chi connectivity index (χ0) is 21.7. The second kappa shape index (κ2) is 25.8. The van der Waals surface area contributed by atoms with Gasteiger partial charge >= 0.3 is 41.5 Å². The van der Waals surface area contributed by atoms with E-state index in [1.807, 2.05) is 0 Å². The van der Waals surface area contributed by atoms with Gasteiger partial charge in [-0.15, -0.1) is 0 Å². The molecule has 0 heterocycles. The first kappa shape index (κ1) is 35.2. The van der Waals surface area contributed by atoms with Gasteiger partial charge in [0.05, 0.1) is 0 Å². The summed E-state index contributed by atoms with van der Waals surface area (Å²) < 4.78 is 9.79. The monoisotopic (exact) mass is 453 g/mol. The molecule has 0 amide bonds. The minimum Gasteiger partial charge on any atom is -0.538 e. The van der Waals surface area contributed by atoms with Crippen LogP contribution >= 0.6 is 0 Å². The SMILES string of the molecule is CCCCCCCCCCCCCCCCCC(=O)OC(C)C(=O)OC(C)[C-]=O.[Na+].[OH3+]. The molecular weight excluding hydrogens is 407 g/mol. The van der Waals surface area contributed by atoms with Crippen LogP contribution in [-0.4, -0.2) is 30.4 Å². The third-order valence-electron chi connectivity index (χ3n) is 5.08. The zero-order valence-corrected chi connectivity index (χ0v) is 22.6. The Kier molecular flexibility index (Phi) is 29.3. The van der Waals surface area contributed by atoms with E-state index in [9.17, 15) is 14.4 Å². The Morgan fingerprint density at radius 3 is 1.48 bits per heavy atom. The van der Waals surface area contributed by atoms with Crippen molar-refractivity contribution in [3.63, 3.8) is 0 Å². The Bertz CT molecular complexity index is 430. The summed E-state index contributed by atoms with van der Waals surface area (Å²) in [5.74, 6) is -1.11. The van der Waals surface area contributed by atoms with Gasteiger partial charge in [0.2, 0.25) is 0 Å². The van der Waals surface area contributed by atoms with Crippen LogP contribution in [0, 0.1) is 0 Å². The van der Waals surface area contributed by atoms with E-state index in [1.54, 1.807) is 6.29 Å². The number of unbranched alkanes of at least 4 members (excludes halogenated alkanes) is 14. The second-order valence-corrected chi connectivity index (χ2v) is 8.03. The molecule has 31 heavy (non-hydrogen) atoms. The number of esters is 2. The average Bonchev–Trinajstić information content (AvgIpc) is 2.70. The summed E-state index contributed by atoms with van der Waals surface area (Å²) in [5.41, 5.74) is 0. The maximum absolute atomic E-state index is 11.7. The van der Waals surface area contributed by atoms with Gasteiger partial charge in [0.25, 0.3) is 0 Å². The van der Waals surface area contributed by atoms with Crippen LogP contribution in [0.1, 0.15) is 124 Å². The van der Waals surface area contributed by atoms with Crippen molar-refractivity contribution in [1.82, 2.24) is 0 Å². The minimum atomic E-state index is -0.991. The summed E-state index contributed by atoms with van der Waals surface area (Å²) in [5, 5.41) is 0. The second-order valence-electron chi connectivity index (χ2n) is 8.03. The van der Waals surface area contributed by atoms with Gasteiger partial charge in [-0.25, -0.2) is 11.1 Å². The van der Waals surface area contributed by atoms with E-state index in [2.05, 4.69) is 6.92 Å². The molecule has 0 bridgehead atoms. The first-order valence-corrected chi connectivity index (χ1v) is 11.8.